The maximum absolute atomic E-state index is 12.7. The maximum Gasteiger partial charge on any atom is 0.377 e. The van der Waals surface area contributed by atoms with Crippen LogP contribution in [0.4, 0.5) is 8.78 Å². The highest BCUT2D eigenvalue weighted by Crippen LogP contribution is 2.21. The highest BCUT2D eigenvalue weighted by atomic mass is 79.9. The van der Waals surface area contributed by atoms with Crippen molar-refractivity contribution in [2.24, 2.45) is 0 Å². The summed E-state index contributed by atoms with van der Waals surface area (Å²) in [6.45, 7) is 1.73. The van der Waals surface area contributed by atoms with Crippen LogP contribution in [0.1, 0.15) is 35.8 Å². The molecule has 1 rings (SSSR count). The molecule has 0 atom stereocenters. The molecule has 7 nitrogen and oxygen atoms in total. The minimum absolute atomic E-state index is 0.0151. The third-order valence-corrected chi connectivity index (χ3v) is 3.28. The number of amides is 2. The van der Waals surface area contributed by atoms with Gasteiger partial charge in [-0.1, -0.05) is 13.3 Å². The first kappa shape index (κ1) is 20.9. The summed E-state index contributed by atoms with van der Waals surface area (Å²) in [7, 11) is 0. The minimum Gasteiger partial charge on any atom is -0.464 e. The number of rotatable bonds is 9. The van der Waals surface area contributed by atoms with Crippen LogP contribution in [0.25, 0.3) is 0 Å². The van der Waals surface area contributed by atoms with Gasteiger partial charge in [-0.05, 0) is 24.1 Å². The van der Waals surface area contributed by atoms with Gasteiger partial charge in [-0.25, -0.2) is 0 Å². The number of ether oxygens (including phenoxy) is 1. The van der Waals surface area contributed by atoms with Crippen LogP contribution in [-0.4, -0.2) is 40.8 Å². The summed E-state index contributed by atoms with van der Waals surface area (Å²) < 4.78 is 30.3. The second-order valence-electron chi connectivity index (χ2n) is 4.99. The second kappa shape index (κ2) is 10.0. The quantitative estimate of drug-likeness (QED) is 0.359. The van der Waals surface area contributed by atoms with Gasteiger partial charge < -0.3 is 15.4 Å². The number of nitrogens with one attached hydrogen (secondary N) is 2. The number of hydrogen-bond acceptors (Lipinski definition) is 5. The van der Waals surface area contributed by atoms with E-state index in [0.29, 0.717) is 5.56 Å². The Morgan fingerprint density at radius 1 is 1.32 bits per heavy atom. The Kier molecular flexibility index (Phi) is 8.39. The van der Waals surface area contributed by atoms with E-state index in [1.165, 1.54) is 18.3 Å². The van der Waals surface area contributed by atoms with E-state index in [9.17, 15) is 23.2 Å². The zero-order valence-corrected chi connectivity index (χ0v) is 15.1. The van der Waals surface area contributed by atoms with E-state index in [-0.39, 0.29) is 25.4 Å². The van der Waals surface area contributed by atoms with Gasteiger partial charge in [-0.2, -0.15) is 8.78 Å². The van der Waals surface area contributed by atoms with Crippen LogP contribution in [0.15, 0.2) is 18.3 Å². The molecule has 25 heavy (non-hydrogen) atoms. The van der Waals surface area contributed by atoms with Crippen molar-refractivity contribution in [2.45, 2.75) is 31.1 Å². The average molecular weight is 422 g/mol. The van der Waals surface area contributed by atoms with Crippen molar-refractivity contribution < 1.29 is 27.9 Å². The van der Waals surface area contributed by atoms with Gasteiger partial charge in [-0.15, -0.1) is 0 Å². The molecule has 0 aromatic carbocycles. The Balaban J connectivity index is 2.52. The van der Waals surface area contributed by atoms with Gasteiger partial charge in [0.05, 0.1) is 6.61 Å². The Labute approximate surface area is 151 Å². The molecule has 2 amide bonds. The van der Waals surface area contributed by atoms with Gasteiger partial charge in [-0.3, -0.25) is 19.4 Å². The fraction of sp³-hybridized carbons (Fsp3) is 0.467. The fourth-order valence-corrected chi connectivity index (χ4v) is 1.76. The molecule has 2 N–H and O–H groups in total. The van der Waals surface area contributed by atoms with E-state index in [4.69, 9.17) is 4.74 Å². The summed E-state index contributed by atoms with van der Waals surface area (Å²) in [5.41, 5.74) is 0.384. The summed E-state index contributed by atoms with van der Waals surface area (Å²) in [4.78, 5) is 34.6. The fourth-order valence-electron chi connectivity index (χ4n) is 1.62. The molecule has 0 spiro atoms. The van der Waals surface area contributed by atoms with E-state index < -0.39 is 22.6 Å². The van der Waals surface area contributed by atoms with Crippen LogP contribution in [0, 0.1) is 0 Å². The summed E-state index contributed by atoms with van der Waals surface area (Å²) in [6.07, 6.45) is 2.92. The van der Waals surface area contributed by atoms with E-state index >= 15 is 0 Å². The third-order valence-electron chi connectivity index (χ3n) is 2.92. The van der Waals surface area contributed by atoms with Gasteiger partial charge in [0.15, 0.2) is 0 Å². The van der Waals surface area contributed by atoms with Crippen LogP contribution in [0.5, 0.6) is 0 Å². The molecule has 1 aromatic rings. The number of nitrogens with zero attached hydrogens (tertiary/aromatic N) is 1. The predicted molar refractivity (Wildman–Crippen MR) is 88.2 cm³/mol. The topological polar surface area (TPSA) is 97.4 Å². The molecular formula is C15H18BrF2N3O4. The van der Waals surface area contributed by atoms with Crippen molar-refractivity contribution in [3.8, 4) is 0 Å². The lowest BCUT2D eigenvalue weighted by atomic mass is 10.2. The molecule has 1 heterocycles. The monoisotopic (exact) mass is 421 g/mol. The molecule has 10 heteroatoms. The SMILES string of the molecule is CCCCOC(=O)CNC(=O)c1cc(CNC(=O)C(F)(F)Br)ccn1. The number of carbonyl (C=O) groups is 3. The smallest absolute Gasteiger partial charge is 0.377 e. The zero-order chi connectivity index (χ0) is 18.9. The standard InChI is InChI=1S/C15H18BrF2N3O4/c1-2-3-6-25-12(22)9-20-13(23)11-7-10(4-5-19-11)8-21-14(24)15(16,17)18/h4-5,7H,2-3,6,8-9H2,1H3,(H,20,23)(H,21,24). The average Bonchev–Trinajstić information content (AvgIpc) is 2.57. The second-order valence-corrected chi connectivity index (χ2v) is 5.98. The molecular weight excluding hydrogens is 404 g/mol. The Morgan fingerprint density at radius 2 is 2.04 bits per heavy atom. The van der Waals surface area contributed by atoms with Gasteiger partial charge >= 0.3 is 16.7 Å². The van der Waals surface area contributed by atoms with Crippen LogP contribution in [0.3, 0.4) is 0 Å². The Morgan fingerprint density at radius 3 is 2.68 bits per heavy atom. The van der Waals surface area contributed by atoms with Crippen molar-refractivity contribution in [2.75, 3.05) is 13.2 Å². The number of hydrogen-bond donors (Lipinski definition) is 2. The first-order valence-electron chi connectivity index (χ1n) is 7.47. The molecule has 0 aliphatic carbocycles. The molecule has 0 radical (unpaired) electrons. The van der Waals surface area contributed by atoms with Crippen LogP contribution in [0.2, 0.25) is 0 Å². The lowest BCUT2D eigenvalue weighted by molar-refractivity contribution is -0.142. The molecule has 0 saturated heterocycles. The molecule has 0 bridgehead atoms. The number of unbranched alkanes of at least 4 members (excludes halogenated alkanes) is 1. The maximum atomic E-state index is 12.7. The van der Waals surface area contributed by atoms with Crippen molar-refractivity contribution in [1.29, 1.82) is 0 Å². The molecule has 0 aliphatic heterocycles. The Hall–Kier alpha value is -2.10. The lowest BCUT2D eigenvalue weighted by Gasteiger charge is -2.10. The first-order chi connectivity index (χ1) is 11.7. The van der Waals surface area contributed by atoms with Crippen LogP contribution >= 0.6 is 15.9 Å². The molecule has 138 valence electrons. The van der Waals surface area contributed by atoms with E-state index in [0.717, 1.165) is 12.8 Å². The van der Waals surface area contributed by atoms with Gasteiger partial charge in [0.2, 0.25) is 0 Å². The number of halogens is 3. The zero-order valence-electron chi connectivity index (χ0n) is 13.5. The molecule has 0 fully saturated rings. The van der Waals surface area contributed by atoms with Gasteiger partial charge in [0, 0.05) is 28.7 Å². The van der Waals surface area contributed by atoms with Crippen LogP contribution in [-0.2, 0) is 20.9 Å². The largest absolute Gasteiger partial charge is 0.464 e. The number of pyridine rings is 1. The number of aromatic nitrogens is 1. The lowest BCUT2D eigenvalue weighted by Crippen LogP contribution is -2.35. The number of esters is 1. The third kappa shape index (κ3) is 8.01. The molecule has 0 saturated carbocycles. The highest BCUT2D eigenvalue weighted by molar-refractivity contribution is 9.10. The minimum atomic E-state index is -3.67. The summed E-state index contributed by atoms with van der Waals surface area (Å²) in [5.74, 6) is -2.68. The normalized spacial score (nSPS) is 10.9. The van der Waals surface area contributed by atoms with Crippen molar-refractivity contribution in [1.82, 2.24) is 15.6 Å². The Bertz CT molecular complexity index is 623. The van der Waals surface area contributed by atoms with Crippen LogP contribution < -0.4 is 10.6 Å². The van der Waals surface area contributed by atoms with E-state index in [2.05, 4.69) is 10.3 Å². The van der Waals surface area contributed by atoms with Crippen molar-refractivity contribution >= 4 is 33.7 Å². The number of carbonyl (C=O) groups excluding carboxylic acids is 3. The van der Waals surface area contributed by atoms with Crippen molar-refractivity contribution in [3.63, 3.8) is 0 Å². The molecule has 1 aromatic heterocycles. The molecule has 0 aliphatic rings. The first-order valence-corrected chi connectivity index (χ1v) is 8.27. The number of alkyl halides is 3. The summed E-state index contributed by atoms with van der Waals surface area (Å²) in [5, 5.41) is 4.37. The van der Waals surface area contributed by atoms with Gasteiger partial charge in [0.1, 0.15) is 12.2 Å². The van der Waals surface area contributed by atoms with E-state index in [1.54, 1.807) is 0 Å². The predicted octanol–water partition coefficient (Wildman–Crippen LogP) is 1.76. The summed E-state index contributed by atoms with van der Waals surface area (Å²) >= 11 is 1.95. The van der Waals surface area contributed by atoms with Crippen molar-refractivity contribution in [3.05, 3.63) is 29.6 Å². The van der Waals surface area contributed by atoms with E-state index in [1.807, 2.05) is 28.2 Å². The van der Waals surface area contributed by atoms with Gasteiger partial charge in [0.25, 0.3) is 5.91 Å². The summed E-state index contributed by atoms with van der Waals surface area (Å²) in [6, 6.07) is 2.78. The molecule has 0 unspecified atom stereocenters. The highest BCUT2D eigenvalue weighted by Gasteiger charge is 2.34.